The Morgan fingerprint density at radius 3 is 1.00 bits per heavy atom. The molecule has 162 valence electrons. The van der Waals surface area contributed by atoms with E-state index < -0.39 is 6.15 Å². The molecule has 1 heterocycles. The summed E-state index contributed by atoms with van der Waals surface area (Å²) in [5, 5.41) is 0.757. The van der Waals surface area contributed by atoms with Crippen LogP contribution in [-0.2, 0) is 7.05 Å². The first-order chi connectivity index (χ1) is 16.2. The molecule has 0 radical (unpaired) electrons. The zero-order valence-electron chi connectivity index (χ0n) is 18.8. The predicted molar refractivity (Wildman–Crippen MR) is 143 cm³/mol. The standard InChI is InChI=1S/C24H20B.C6H7ClN/c1-5-13-21(14-6-1)25(22-15-7-2-8-16-22,23-17-9-3-10-18-23)24-19-11-4-12-20-24;1-8-5-3-2-4-6(8)7/h1-20H;2-5H,1H3/q-1;+1. The van der Waals surface area contributed by atoms with Gasteiger partial charge in [0.2, 0.25) is 0 Å². The van der Waals surface area contributed by atoms with Gasteiger partial charge in [0, 0.05) is 12.1 Å². The summed E-state index contributed by atoms with van der Waals surface area (Å²) >= 11 is 5.67. The SMILES string of the molecule is C[n+]1ccccc1Cl.c1ccc([B-](c2ccccc2)(c2ccccc2)c2ccccc2)cc1. The van der Waals surface area contributed by atoms with E-state index in [-0.39, 0.29) is 0 Å². The zero-order chi connectivity index (χ0) is 22.9. The summed E-state index contributed by atoms with van der Waals surface area (Å²) in [5.41, 5.74) is 5.36. The van der Waals surface area contributed by atoms with Gasteiger partial charge in [0.1, 0.15) is 13.2 Å². The molecule has 3 heteroatoms. The van der Waals surface area contributed by atoms with Gasteiger partial charge in [-0.15, -0.1) is 0 Å². The lowest BCUT2D eigenvalue weighted by molar-refractivity contribution is -0.669. The first kappa shape index (κ1) is 22.6. The maximum atomic E-state index is 5.67. The highest BCUT2D eigenvalue weighted by Crippen LogP contribution is 2.09. The van der Waals surface area contributed by atoms with E-state index in [4.69, 9.17) is 11.6 Å². The average Bonchev–Trinajstić information content (AvgIpc) is 2.89. The minimum atomic E-state index is -1.22. The Morgan fingerprint density at radius 2 is 0.758 bits per heavy atom. The van der Waals surface area contributed by atoms with Crippen molar-refractivity contribution in [3.63, 3.8) is 0 Å². The molecule has 1 aromatic heterocycles. The van der Waals surface area contributed by atoms with Crippen LogP contribution in [-0.4, -0.2) is 6.15 Å². The van der Waals surface area contributed by atoms with Crippen LogP contribution in [0.25, 0.3) is 0 Å². The molecular weight excluding hydrogens is 421 g/mol. The van der Waals surface area contributed by atoms with E-state index in [1.54, 1.807) is 0 Å². The molecule has 5 rings (SSSR count). The summed E-state index contributed by atoms with van der Waals surface area (Å²) in [5.74, 6) is 0. The normalized spacial score (nSPS) is 10.7. The maximum Gasteiger partial charge on any atom is 0.274 e. The van der Waals surface area contributed by atoms with Crippen LogP contribution in [0.15, 0.2) is 146 Å². The second kappa shape index (κ2) is 10.8. The van der Waals surface area contributed by atoms with E-state index in [1.165, 1.54) is 21.9 Å². The fourth-order valence-corrected chi connectivity index (χ4v) is 4.75. The van der Waals surface area contributed by atoms with Crippen LogP contribution in [0.4, 0.5) is 0 Å². The molecule has 1 nitrogen and oxygen atoms in total. The molecule has 0 N–H and O–H groups in total. The number of aromatic nitrogens is 1. The van der Waals surface area contributed by atoms with Gasteiger partial charge in [0.25, 0.3) is 5.15 Å². The van der Waals surface area contributed by atoms with Crippen molar-refractivity contribution in [1.82, 2.24) is 0 Å². The van der Waals surface area contributed by atoms with Crippen molar-refractivity contribution in [2.24, 2.45) is 7.05 Å². The molecule has 0 saturated heterocycles. The van der Waals surface area contributed by atoms with E-state index in [1.807, 2.05) is 36.0 Å². The maximum absolute atomic E-state index is 5.67. The number of aryl methyl sites for hydroxylation is 1. The summed E-state index contributed by atoms with van der Waals surface area (Å²) in [6.45, 7) is 0. The quantitative estimate of drug-likeness (QED) is 0.220. The van der Waals surface area contributed by atoms with E-state index in [0.29, 0.717) is 0 Å². The molecule has 0 aliphatic rings. The molecule has 33 heavy (non-hydrogen) atoms. The van der Waals surface area contributed by atoms with Gasteiger partial charge in [-0.25, -0.2) is 0 Å². The second-order valence-corrected chi connectivity index (χ2v) is 8.53. The topological polar surface area (TPSA) is 3.88 Å². The average molecular weight is 448 g/mol. The first-order valence-electron chi connectivity index (χ1n) is 11.2. The van der Waals surface area contributed by atoms with Crippen molar-refractivity contribution in [3.8, 4) is 0 Å². The lowest BCUT2D eigenvalue weighted by Gasteiger charge is -2.44. The Labute approximate surface area is 201 Å². The third kappa shape index (κ3) is 4.92. The highest BCUT2D eigenvalue weighted by Gasteiger charge is 2.30. The molecule has 0 spiro atoms. The molecular formula is C30H27BClN. The van der Waals surface area contributed by atoms with E-state index in [0.717, 1.165) is 5.15 Å². The van der Waals surface area contributed by atoms with Gasteiger partial charge in [0.15, 0.2) is 6.20 Å². The van der Waals surface area contributed by atoms with Gasteiger partial charge in [-0.3, -0.25) is 0 Å². The molecule has 4 aromatic carbocycles. The van der Waals surface area contributed by atoms with Gasteiger partial charge < -0.3 is 0 Å². The number of hydrogen-bond acceptors (Lipinski definition) is 0. The number of pyridine rings is 1. The van der Waals surface area contributed by atoms with Gasteiger partial charge in [-0.05, 0) is 17.7 Å². The number of hydrogen-bond donors (Lipinski definition) is 0. The minimum Gasteiger partial charge on any atom is -0.195 e. The van der Waals surface area contributed by atoms with Crippen LogP contribution < -0.4 is 26.4 Å². The summed E-state index contributed by atoms with van der Waals surface area (Å²) in [6, 6.07) is 49.2. The molecule has 5 aromatic rings. The summed E-state index contributed by atoms with van der Waals surface area (Å²) in [7, 11) is 1.91. The van der Waals surface area contributed by atoms with Gasteiger partial charge in [0.05, 0.1) is 0 Å². The van der Waals surface area contributed by atoms with Crippen molar-refractivity contribution >= 4 is 39.6 Å². The van der Waals surface area contributed by atoms with E-state index in [2.05, 4.69) is 121 Å². The Bertz CT molecular complexity index is 1080. The Kier molecular flexibility index (Phi) is 7.39. The zero-order valence-corrected chi connectivity index (χ0v) is 19.5. The highest BCUT2D eigenvalue weighted by molar-refractivity contribution is 7.19. The van der Waals surface area contributed by atoms with Gasteiger partial charge in [-0.1, -0.05) is 121 Å². The van der Waals surface area contributed by atoms with Crippen LogP contribution in [0.2, 0.25) is 5.15 Å². The lowest BCUT2D eigenvalue weighted by Crippen LogP contribution is -2.74. The Balaban J connectivity index is 0.000000275. The van der Waals surface area contributed by atoms with Crippen LogP contribution in [0, 0.1) is 0 Å². The van der Waals surface area contributed by atoms with Crippen molar-refractivity contribution in [1.29, 1.82) is 0 Å². The third-order valence-corrected chi connectivity index (χ3v) is 6.58. The van der Waals surface area contributed by atoms with Crippen LogP contribution in [0.3, 0.4) is 0 Å². The fraction of sp³-hybridized carbons (Fsp3) is 0.0333. The third-order valence-electron chi connectivity index (χ3n) is 6.19. The van der Waals surface area contributed by atoms with Crippen molar-refractivity contribution in [3.05, 3.63) is 151 Å². The van der Waals surface area contributed by atoms with Crippen LogP contribution in [0.1, 0.15) is 0 Å². The summed E-state index contributed by atoms with van der Waals surface area (Å²) < 4.78 is 1.85. The smallest absolute Gasteiger partial charge is 0.195 e. The van der Waals surface area contributed by atoms with Crippen LogP contribution >= 0.6 is 11.6 Å². The van der Waals surface area contributed by atoms with E-state index in [9.17, 15) is 0 Å². The molecule has 0 aliphatic heterocycles. The summed E-state index contributed by atoms with van der Waals surface area (Å²) in [6.07, 6.45) is 0.690. The van der Waals surface area contributed by atoms with Gasteiger partial charge >= 0.3 is 0 Å². The van der Waals surface area contributed by atoms with E-state index >= 15 is 0 Å². The molecule has 0 atom stereocenters. The number of rotatable bonds is 4. The number of benzene rings is 4. The van der Waals surface area contributed by atoms with Crippen molar-refractivity contribution in [2.45, 2.75) is 0 Å². The second-order valence-electron chi connectivity index (χ2n) is 8.14. The number of nitrogens with zero attached hydrogens (tertiary/aromatic N) is 1. The molecule has 0 aliphatic carbocycles. The largest absolute Gasteiger partial charge is 0.274 e. The minimum absolute atomic E-state index is 0.757. The molecule has 0 amide bonds. The monoisotopic (exact) mass is 447 g/mol. The predicted octanol–water partition coefficient (Wildman–Crippen LogP) is 4.23. The molecule has 0 unspecified atom stereocenters. The van der Waals surface area contributed by atoms with Crippen LogP contribution in [0.5, 0.6) is 0 Å². The fourth-order valence-electron chi connectivity index (χ4n) is 4.62. The van der Waals surface area contributed by atoms with Gasteiger partial charge in [-0.2, -0.15) is 26.4 Å². The number of halogens is 1. The Hall–Kier alpha value is -3.62. The summed E-state index contributed by atoms with van der Waals surface area (Å²) in [4.78, 5) is 0. The first-order valence-corrected chi connectivity index (χ1v) is 11.6. The molecule has 0 bridgehead atoms. The van der Waals surface area contributed by atoms with Crippen molar-refractivity contribution in [2.75, 3.05) is 0 Å². The highest BCUT2D eigenvalue weighted by atomic mass is 35.5. The molecule has 0 saturated carbocycles. The van der Waals surface area contributed by atoms with Crippen molar-refractivity contribution < 1.29 is 4.57 Å². The lowest BCUT2D eigenvalue weighted by atomic mass is 9.13. The molecule has 0 fully saturated rings. The Morgan fingerprint density at radius 1 is 0.455 bits per heavy atom.